The van der Waals surface area contributed by atoms with E-state index in [4.69, 9.17) is 31.3 Å². The molecule has 0 saturated heterocycles. The summed E-state index contributed by atoms with van der Waals surface area (Å²) >= 11 is 0. The van der Waals surface area contributed by atoms with Gasteiger partial charge < -0.3 is 29.5 Å². The second-order valence-corrected chi connectivity index (χ2v) is 9.10. The van der Waals surface area contributed by atoms with Crippen LogP contribution in [0.1, 0.15) is 17.1 Å². The van der Waals surface area contributed by atoms with Crippen molar-refractivity contribution in [1.29, 1.82) is 0 Å². The Bertz CT molecular complexity index is 1600. The Morgan fingerprint density at radius 1 is 0.681 bits per heavy atom. The number of alkyl halides is 6. The molecule has 47 heavy (non-hydrogen) atoms. The lowest BCUT2D eigenvalue weighted by Gasteiger charge is -2.10. The number of nitrogens with two attached hydrogens (primary N) is 1. The standard InChI is InChI=1S/C15H12F3N3O2.C15H16F3N3O2.ClH/c1-19-13-7-11(8-14(21-13)23-6-5-22-2)10-3-4-12(20-9-10)15(16,17)18;1-22-4-5-23-14-7-11(6-12(8-19)21-14)10-2-3-13(20-9-10)15(16,17)18;/h3-4,7-9H,5-6H2,2H3;2-3,6-7,9H,4-5,8,19H2,1H3;1H. The van der Waals surface area contributed by atoms with Crippen LogP contribution >= 0.6 is 12.4 Å². The molecule has 0 radical (unpaired) electrons. The van der Waals surface area contributed by atoms with E-state index in [-0.39, 0.29) is 37.3 Å². The van der Waals surface area contributed by atoms with E-state index in [1.165, 1.54) is 31.4 Å². The Labute approximate surface area is 272 Å². The van der Waals surface area contributed by atoms with Gasteiger partial charge in [-0.15, -0.1) is 12.4 Å². The molecule has 4 heterocycles. The average Bonchev–Trinajstić information content (AvgIpc) is 3.04. The molecule has 0 amide bonds. The van der Waals surface area contributed by atoms with Crippen molar-refractivity contribution in [2.45, 2.75) is 18.9 Å². The van der Waals surface area contributed by atoms with E-state index < -0.39 is 23.7 Å². The number of hydrogen-bond acceptors (Lipinski definition) is 9. The van der Waals surface area contributed by atoms with Crippen LogP contribution in [-0.2, 0) is 28.4 Å². The van der Waals surface area contributed by atoms with Gasteiger partial charge in [-0.3, -0.25) is 9.97 Å². The van der Waals surface area contributed by atoms with Crippen LogP contribution in [0.15, 0.2) is 60.9 Å². The first-order valence-electron chi connectivity index (χ1n) is 13.3. The summed E-state index contributed by atoms with van der Waals surface area (Å²) < 4.78 is 95.8. The second-order valence-electron chi connectivity index (χ2n) is 9.10. The van der Waals surface area contributed by atoms with Crippen LogP contribution in [0, 0.1) is 6.57 Å². The van der Waals surface area contributed by atoms with E-state index >= 15 is 0 Å². The normalized spacial score (nSPS) is 11.1. The molecule has 10 nitrogen and oxygen atoms in total. The van der Waals surface area contributed by atoms with Gasteiger partial charge in [-0.25, -0.2) is 4.98 Å². The smallest absolute Gasteiger partial charge is 0.433 e. The predicted molar refractivity (Wildman–Crippen MR) is 161 cm³/mol. The van der Waals surface area contributed by atoms with Crippen molar-refractivity contribution in [1.82, 2.24) is 19.9 Å². The van der Waals surface area contributed by atoms with Crippen LogP contribution in [0.2, 0.25) is 0 Å². The van der Waals surface area contributed by atoms with E-state index in [0.717, 1.165) is 24.5 Å². The summed E-state index contributed by atoms with van der Waals surface area (Å²) in [6, 6.07) is 10.8. The molecule has 252 valence electrons. The molecule has 0 fully saturated rings. The third-order valence-corrected chi connectivity index (χ3v) is 5.82. The molecule has 4 rings (SSSR count). The van der Waals surface area contributed by atoms with Gasteiger partial charge in [-0.05, 0) is 41.0 Å². The molecular weight excluding hydrogens is 658 g/mol. The van der Waals surface area contributed by atoms with Gasteiger partial charge in [0.25, 0.3) is 5.82 Å². The molecule has 0 aliphatic carbocycles. The highest BCUT2D eigenvalue weighted by atomic mass is 35.5. The summed E-state index contributed by atoms with van der Waals surface area (Å²) in [5.74, 6) is 0.611. The molecule has 0 aromatic carbocycles. The lowest BCUT2D eigenvalue weighted by atomic mass is 10.1. The van der Waals surface area contributed by atoms with Crippen molar-refractivity contribution in [3.63, 3.8) is 0 Å². The van der Waals surface area contributed by atoms with Crippen LogP contribution in [0.25, 0.3) is 27.1 Å². The maximum atomic E-state index is 12.6. The Morgan fingerprint density at radius 2 is 1.15 bits per heavy atom. The Hall–Kier alpha value is -4.56. The Balaban J connectivity index is 0.000000320. The first-order chi connectivity index (χ1) is 21.9. The van der Waals surface area contributed by atoms with Gasteiger partial charge in [-0.1, -0.05) is 23.7 Å². The van der Waals surface area contributed by atoms with Crippen molar-refractivity contribution >= 4 is 18.2 Å². The SMILES string of the molecule is COCCOc1cc(-c2ccc(C(F)(F)F)nc2)cc(CN)n1.Cl.[C-]#[N+]c1cc(-c2ccc(C(F)(F)F)nc2)cc(OCCOC)n1. The fourth-order valence-corrected chi connectivity index (χ4v) is 3.62. The number of methoxy groups -OCH3 is 2. The van der Waals surface area contributed by atoms with Crippen LogP contribution in [0.3, 0.4) is 0 Å². The number of ether oxygens (including phenoxy) is 4. The van der Waals surface area contributed by atoms with Crippen LogP contribution in [0.5, 0.6) is 11.8 Å². The number of rotatable bonds is 11. The molecule has 0 saturated carbocycles. The van der Waals surface area contributed by atoms with Gasteiger partial charge >= 0.3 is 18.2 Å². The minimum atomic E-state index is -4.49. The third-order valence-electron chi connectivity index (χ3n) is 5.82. The van der Waals surface area contributed by atoms with Crippen molar-refractivity contribution < 1.29 is 45.3 Å². The highest BCUT2D eigenvalue weighted by Crippen LogP contribution is 2.32. The maximum Gasteiger partial charge on any atom is 0.433 e. The molecule has 0 spiro atoms. The molecule has 0 atom stereocenters. The summed E-state index contributed by atoms with van der Waals surface area (Å²) in [7, 11) is 3.07. The topological polar surface area (TPSA) is 119 Å². The van der Waals surface area contributed by atoms with E-state index in [2.05, 4.69) is 24.8 Å². The summed E-state index contributed by atoms with van der Waals surface area (Å²) in [5, 5.41) is 0. The fourth-order valence-electron chi connectivity index (χ4n) is 3.62. The first kappa shape index (κ1) is 38.6. The monoisotopic (exact) mass is 686 g/mol. The molecule has 4 aromatic heterocycles. The highest BCUT2D eigenvalue weighted by Gasteiger charge is 2.33. The molecular formula is C30H29ClF6N6O4. The number of pyridine rings is 4. The number of halogens is 7. The molecule has 0 aliphatic rings. The van der Waals surface area contributed by atoms with Gasteiger partial charge in [0, 0.05) is 50.9 Å². The highest BCUT2D eigenvalue weighted by molar-refractivity contribution is 5.85. The average molecular weight is 687 g/mol. The number of hydrogen-bond donors (Lipinski definition) is 1. The van der Waals surface area contributed by atoms with Crippen molar-refractivity contribution in [2.75, 3.05) is 40.6 Å². The molecule has 0 aliphatic heterocycles. The Morgan fingerprint density at radius 3 is 1.53 bits per heavy atom. The van der Waals surface area contributed by atoms with Crippen LogP contribution < -0.4 is 15.2 Å². The summed E-state index contributed by atoms with van der Waals surface area (Å²) in [6.45, 7) is 8.53. The zero-order chi connectivity index (χ0) is 33.7. The molecule has 0 bridgehead atoms. The van der Waals surface area contributed by atoms with Crippen LogP contribution in [-0.4, -0.2) is 60.6 Å². The Kier molecular flexibility index (Phi) is 14.8. The predicted octanol–water partition coefficient (Wildman–Crippen LogP) is 6.81. The first-order valence-corrected chi connectivity index (χ1v) is 13.3. The van der Waals surface area contributed by atoms with E-state index in [1.807, 2.05) is 0 Å². The largest absolute Gasteiger partial charge is 0.475 e. The fraction of sp³-hybridized carbons (Fsp3) is 0.300. The molecule has 0 unspecified atom stereocenters. The van der Waals surface area contributed by atoms with Crippen LogP contribution in [0.4, 0.5) is 32.2 Å². The van der Waals surface area contributed by atoms with Gasteiger partial charge in [-0.2, -0.15) is 26.3 Å². The molecule has 4 aromatic rings. The van der Waals surface area contributed by atoms with Crippen molar-refractivity contribution in [3.8, 4) is 34.0 Å². The second kappa shape index (κ2) is 18.0. The summed E-state index contributed by atoms with van der Waals surface area (Å²) in [5.41, 5.74) is 6.33. The van der Waals surface area contributed by atoms with Crippen molar-refractivity contribution in [2.24, 2.45) is 5.73 Å². The lowest BCUT2D eigenvalue weighted by molar-refractivity contribution is -0.141. The summed E-state index contributed by atoms with van der Waals surface area (Å²) in [4.78, 5) is 18.3. The van der Waals surface area contributed by atoms with E-state index in [1.54, 1.807) is 19.2 Å². The van der Waals surface area contributed by atoms with E-state index in [0.29, 0.717) is 53.6 Å². The van der Waals surface area contributed by atoms with Gasteiger partial charge in [0.15, 0.2) is 0 Å². The van der Waals surface area contributed by atoms with Gasteiger partial charge in [0.1, 0.15) is 24.6 Å². The lowest BCUT2D eigenvalue weighted by Crippen LogP contribution is -2.08. The minimum Gasteiger partial charge on any atom is -0.475 e. The maximum absolute atomic E-state index is 12.6. The number of aromatic nitrogens is 4. The zero-order valence-electron chi connectivity index (χ0n) is 24.9. The molecule has 2 N–H and O–H groups in total. The van der Waals surface area contributed by atoms with Crippen molar-refractivity contribution in [3.05, 3.63) is 89.4 Å². The number of nitrogens with zero attached hydrogens (tertiary/aromatic N) is 5. The van der Waals surface area contributed by atoms with E-state index in [9.17, 15) is 26.3 Å². The minimum absolute atomic E-state index is 0. The third kappa shape index (κ3) is 12.0. The zero-order valence-corrected chi connectivity index (χ0v) is 25.7. The molecule has 17 heteroatoms. The van der Waals surface area contributed by atoms with Gasteiger partial charge in [0.2, 0.25) is 5.88 Å². The van der Waals surface area contributed by atoms with Gasteiger partial charge in [0.05, 0.1) is 18.9 Å². The quantitative estimate of drug-likeness (QED) is 0.103. The summed E-state index contributed by atoms with van der Waals surface area (Å²) in [6.07, 6.45) is -6.69.